The molecule has 0 radical (unpaired) electrons. The Morgan fingerprint density at radius 3 is 2.52 bits per heavy atom. The van der Waals surface area contributed by atoms with E-state index < -0.39 is 5.41 Å². The standard InChI is InChI=1S/C23H24O4/c1-22(2)13(26-10-6-4-3-5-7-10)9-14(22)27-21(25)23-17-12-8-11-15(17)19(23)20(24)16(11)18(12)23/h3-7,11-19H,8-9H2,1-2H3/t11?,12?,13-,14+,15?,16?,17?,18?,19?,23?/m0/s1. The molecule has 8 unspecified atom stereocenters. The molecule has 1 aromatic carbocycles. The second-order valence-corrected chi connectivity index (χ2v) is 10.4. The van der Waals surface area contributed by atoms with Crippen LogP contribution in [0.3, 0.4) is 0 Å². The van der Waals surface area contributed by atoms with Gasteiger partial charge in [-0.15, -0.1) is 0 Å². The lowest BCUT2D eigenvalue weighted by molar-refractivity contribution is -0.276. The van der Waals surface area contributed by atoms with E-state index in [0.717, 1.165) is 12.2 Å². The topological polar surface area (TPSA) is 52.6 Å². The summed E-state index contributed by atoms with van der Waals surface area (Å²) in [7, 11) is 0. The van der Waals surface area contributed by atoms with Gasteiger partial charge in [0.2, 0.25) is 0 Å². The van der Waals surface area contributed by atoms with Crippen molar-refractivity contribution in [1.29, 1.82) is 0 Å². The van der Waals surface area contributed by atoms with Gasteiger partial charge in [0.1, 0.15) is 23.7 Å². The van der Waals surface area contributed by atoms with Crippen LogP contribution in [-0.2, 0) is 14.3 Å². The molecule has 0 N–H and O–H groups in total. The first kappa shape index (κ1) is 15.1. The summed E-state index contributed by atoms with van der Waals surface area (Å²) in [5.74, 6) is 3.98. The minimum absolute atomic E-state index is 0.00769. The molecule has 10 atom stereocenters. The van der Waals surface area contributed by atoms with Crippen molar-refractivity contribution in [3.05, 3.63) is 30.3 Å². The number of hydrogen-bond donors (Lipinski definition) is 0. The molecule has 0 aromatic heterocycles. The maximum absolute atomic E-state index is 13.3. The third kappa shape index (κ3) is 1.34. The Balaban J connectivity index is 1.09. The van der Waals surface area contributed by atoms with Gasteiger partial charge < -0.3 is 9.47 Å². The molecule has 7 aliphatic rings. The number of Topliss-reactive ketones (excluding diaryl/α,β-unsaturated/α-hetero) is 1. The SMILES string of the molecule is CC1(C)[C@@H](Oc2ccccc2)C[C@H]1OC(=O)C12C3C(=O)C4C5CC(C41)C2C53. The van der Waals surface area contributed by atoms with E-state index in [0.29, 0.717) is 35.4 Å². The molecule has 0 amide bonds. The van der Waals surface area contributed by atoms with Crippen LogP contribution in [0, 0.1) is 52.3 Å². The van der Waals surface area contributed by atoms with Crippen molar-refractivity contribution < 1.29 is 19.1 Å². The van der Waals surface area contributed by atoms with Gasteiger partial charge in [-0.3, -0.25) is 9.59 Å². The summed E-state index contributed by atoms with van der Waals surface area (Å²) < 4.78 is 12.2. The van der Waals surface area contributed by atoms with Crippen molar-refractivity contribution in [3.63, 3.8) is 0 Å². The maximum atomic E-state index is 13.3. The van der Waals surface area contributed by atoms with Crippen molar-refractivity contribution in [1.82, 2.24) is 0 Å². The molecule has 4 heteroatoms. The van der Waals surface area contributed by atoms with Crippen LogP contribution in [0.2, 0.25) is 0 Å². The number of rotatable bonds is 4. The lowest BCUT2D eigenvalue weighted by atomic mass is 9.32. The van der Waals surface area contributed by atoms with Crippen molar-refractivity contribution >= 4 is 11.8 Å². The fraction of sp³-hybridized carbons (Fsp3) is 0.652. The number of carbonyl (C=O) groups excluding carboxylic acids is 2. The molecule has 140 valence electrons. The van der Waals surface area contributed by atoms with Crippen molar-refractivity contribution in [3.8, 4) is 5.75 Å². The number of para-hydroxylation sites is 1. The predicted molar refractivity (Wildman–Crippen MR) is 95.6 cm³/mol. The number of carbonyl (C=O) groups is 2. The third-order valence-corrected chi connectivity index (χ3v) is 9.57. The molecular weight excluding hydrogens is 340 g/mol. The number of esters is 1. The zero-order valence-electron chi connectivity index (χ0n) is 15.6. The maximum Gasteiger partial charge on any atom is 0.313 e. The summed E-state index contributed by atoms with van der Waals surface area (Å²) in [5, 5.41) is 0. The summed E-state index contributed by atoms with van der Waals surface area (Å²) in [6, 6.07) is 9.83. The second kappa shape index (κ2) is 4.26. The summed E-state index contributed by atoms with van der Waals surface area (Å²) in [6.07, 6.45) is 1.87. The van der Waals surface area contributed by atoms with Crippen LogP contribution in [0.15, 0.2) is 30.3 Å². The van der Waals surface area contributed by atoms with Crippen LogP contribution in [0.5, 0.6) is 5.75 Å². The van der Waals surface area contributed by atoms with Gasteiger partial charge in [-0.1, -0.05) is 32.0 Å². The van der Waals surface area contributed by atoms with Gasteiger partial charge in [0.15, 0.2) is 0 Å². The molecule has 0 heterocycles. The Morgan fingerprint density at radius 1 is 1.04 bits per heavy atom. The molecule has 4 nitrogen and oxygen atoms in total. The van der Waals surface area contributed by atoms with Gasteiger partial charge in [-0.2, -0.15) is 0 Å². The highest BCUT2D eigenvalue weighted by molar-refractivity contribution is 6.02. The number of benzene rings is 1. The van der Waals surface area contributed by atoms with Gasteiger partial charge in [-0.05, 0) is 48.1 Å². The summed E-state index contributed by atoms with van der Waals surface area (Å²) in [6.45, 7) is 4.24. The minimum atomic E-state index is -0.411. The van der Waals surface area contributed by atoms with Gasteiger partial charge >= 0.3 is 5.97 Å². The van der Waals surface area contributed by atoms with Crippen molar-refractivity contribution in [2.75, 3.05) is 0 Å². The van der Waals surface area contributed by atoms with E-state index in [2.05, 4.69) is 13.8 Å². The highest BCUT2D eigenvalue weighted by atomic mass is 16.6. The summed E-state index contributed by atoms with van der Waals surface area (Å²) in [5.41, 5.74) is -0.620. The quantitative estimate of drug-likeness (QED) is 0.771. The predicted octanol–water partition coefficient (Wildman–Crippen LogP) is 3.10. The molecule has 0 aliphatic heterocycles. The Morgan fingerprint density at radius 2 is 1.81 bits per heavy atom. The van der Waals surface area contributed by atoms with E-state index in [-0.39, 0.29) is 35.4 Å². The van der Waals surface area contributed by atoms with Gasteiger partial charge in [0.25, 0.3) is 0 Å². The largest absolute Gasteiger partial charge is 0.490 e. The van der Waals surface area contributed by atoms with E-state index in [9.17, 15) is 9.59 Å². The van der Waals surface area contributed by atoms with E-state index >= 15 is 0 Å². The molecular formula is C23H24O4. The smallest absolute Gasteiger partial charge is 0.313 e. The van der Waals surface area contributed by atoms with Crippen molar-refractivity contribution in [2.24, 2.45) is 52.3 Å². The zero-order chi connectivity index (χ0) is 18.3. The zero-order valence-corrected chi connectivity index (χ0v) is 15.6. The molecule has 4 bridgehead atoms. The monoisotopic (exact) mass is 364 g/mol. The molecule has 1 aromatic rings. The van der Waals surface area contributed by atoms with Crippen LogP contribution >= 0.6 is 0 Å². The molecule has 7 aliphatic carbocycles. The van der Waals surface area contributed by atoms with Crippen LogP contribution in [0.4, 0.5) is 0 Å². The van der Waals surface area contributed by atoms with Crippen LogP contribution in [0.25, 0.3) is 0 Å². The summed E-state index contributed by atoms with van der Waals surface area (Å²) >= 11 is 0. The van der Waals surface area contributed by atoms with E-state index in [4.69, 9.17) is 9.47 Å². The Labute approximate surface area is 158 Å². The average molecular weight is 364 g/mol. The molecule has 0 saturated heterocycles. The number of ether oxygens (including phenoxy) is 2. The normalized spacial score (nSPS) is 53.6. The molecule has 7 fully saturated rings. The van der Waals surface area contributed by atoms with Gasteiger partial charge in [0, 0.05) is 23.7 Å². The first-order valence-corrected chi connectivity index (χ1v) is 10.4. The molecule has 0 spiro atoms. The first-order valence-electron chi connectivity index (χ1n) is 10.4. The fourth-order valence-corrected chi connectivity index (χ4v) is 8.52. The third-order valence-electron chi connectivity index (χ3n) is 9.57. The van der Waals surface area contributed by atoms with Gasteiger partial charge in [0.05, 0.1) is 5.41 Å². The van der Waals surface area contributed by atoms with Crippen LogP contribution in [-0.4, -0.2) is 24.0 Å². The van der Waals surface area contributed by atoms with E-state index in [1.165, 1.54) is 6.42 Å². The average Bonchev–Trinajstić information content (AvgIpc) is 3.16. The lowest BCUT2D eigenvalue weighted by Crippen LogP contribution is -2.74. The van der Waals surface area contributed by atoms with Gasteiger partial charge in [-0.25, -0.2) is 0 Å². The van der Waals surface area contributed by atoms with Crippen LogP contribution < -0.4 is 4.74 Å². The molecule has 27 heavy (non-hydrogen) atoms. The number of ketones is 1. The minimum Gasteiger partial charge on any atom is -0.490 e. The highest BCUT2D eigenvalue weighted by Crippen LogP contribution is 2.93. The van der Waals surface area contributed by atoms with E-state index in [1.807, 2.05) is 30.3 Å². The fourth-order valence-electron chi connectivity index (χ4n) is 8.52. The Bertz CT molecular complexity index is 891. The second-order valence-electron chi connectivity index (χ2n) is 10.4. The van der Waals surface area contributed by atoms with Crippen LogP contribution in [0.1, 0.15) is 26.7 Å². The Hall–Kier alpha value is -1.84. The van der Waals surface area contributed by atoms with Crippen molar-refractivity contribution in [2.45, 2.75) is 38.9 Å². The number of hydrogen-bond acceptors (Lipinski definition) is 4. The molecule has 8 rings (SSSR count). The lowest BCUT2D eigenvalue weighted by Gasteiger charge is -2.69. The highest BCUT2D eigenvalue weighted by Gasteiger charge is 2.96. The first-order chi connectivity index (χ1) is 13.0. The molecule has 7 saturated carbocycles. The summed E-state index contributed by atoms with van der Waals surface area (Å²) in [4.78, 5) is 26.0. The Kier molecular flexibility index (Phi) is 2.39. The van der Waals surface area contributed by atoms with E-state index in [1.54, 1.807) is 0 Å².